The Morgan fingerprint density at radius 2 is 1.69 bits per heavy atom. The first-order chi connectivity index (χ1) is 13.6. The highest BCUT2D eigenvalue weighted by Gasteiger charge is 2.30. The number of anilines is 1. The molecule has 0 aliphatic heterocycles. The van der Waals surface area contributed by atoms with Crippen molar-refractivity contribution in [3.05, 3.63) is 38.4 Å². The van der Waals surface area contributed by atoms with Gasteiger partial charge in [-0.05, 0) is 74.6 Å². The number of urea groups is 1. The molecule has 7 nitrogen and oxygen atoms in total. The first kappa shape index (κ1) is 20.6. The number of carbonyl (C=O) groups is 1. The number of hydrogen-bond donors (Lipinski definition) is 3. The second-order valence-electron chi connectivity index (χ2n) is 7.92. The maximum atomic E-state index is 12.6. The van der Waals surface area contributed by atoms with E-state index in [4.69, 9.17) is 11.6 Å². The molecule has 0 unspecified atom stereocenters. The number of nitrogens with one attached hydrogen (secondary N) is 2. The van der Waals surface area contributed by atoms with E-state index < -0.39 is 21.7 Å². The number of aliphatic hydroxyl groups is 1. The summed E-state index contributed by atoms with van der Waals surface area (Å²) in [6.45, 7) is 3.08. The van der Waals surface area contributed by atoms with Crippen LogP contribution in [-0.2, 0) is 41.3 Å². The monoisotopic (exact) mass is 455 g/mol. The molecule has 2 amide bonds. The minimum absolute atomic E-state index is 0.267. The Bertz CT molecular complexity index is 1070. The van der Waals surface area contributed by atoms with Crippen molar-refractivity contribution in [2.24, 2.45) is 0 Å². The molecule has 2 aliphatic carbocycles. The van der Waals surface area contributed by atoms with Gasteiger partial charge in [0.15, 0.2) is 0 Å². The highest BCUT2D eigenvalue weighted by molar-refractivity contribution is 7.92. The normalized spacial score (nSPS) is 15.9. The van der Waals surface area contributed by atoms with Gasteiger partial charge >= 0.3 is 6.03 Å². The minimum atomic E-state index is -4.15. The van der Waals surface area contributed by atoms with E-state index in [2.05, 4.69) is 10.3 Å². The third-order valence-electron chi connectivity index (χ3n) is 5.35. The van der Waals surface area contributed by atoms with Crippen molar-refractivity contribution in [2.75, 3.05) is 5.32 Å². The van der Waals surface area contributed by atoms with Gasteiger partial charge in [-0.15, -0.1) is 11.3 Å². The van der Waals surface area contributed by atoms with Crippen molar-refractivity contribution in [1.82, 2.24) is 9.71 Å². The summed E-state index contributed by atoms with van der Waals surface area (Å²) in [6.07, 6.45) is 6.59. The number of aromatic nitrogens is 1. The van der Waals surface area contributed by atoms with Crippen molar-refractivity contribution < 1.29 is 18.3 Å². The molecule has 156 valence electrons. The van der Waals surface area contributed by atoms with Gasteiger partial charge in [0.1, 0.15) is 0 Å². The maximum Gasteiger partial charge on any atom is 0.333 e. The number of nitrogens with zero attached hydrogens (tertiary/aromatic N) is 1. The lowest BCUT2D eigenvalue weighted by atomic mass is 9.98. The molecule has 0 saturated carbocycles. The number of amides is 2. The fourth-order valence-electron chi connectivity index (χ4n) is 4.01. The van der Waals surface area contributed by atoms with Crippen LogP contribution in [0, 0.1) is 0 Å². The Morgan fingerprint density at radius 1 is 1.14 bits per heavy atom. The van der Waals surface area contributed by atoms with Crippen LogP contribution in [-0.4, -0.2) is 24.5 Å². The molecule has 2 aromatic rings. The summed E-state index contributed by atoms with van der Waals surface area (Å²) in [6, 6.07) is -0.824. The fourth-order valence-corrected chi connectivity index (χ4v) is 6.48. The summed E-state index contributed by atoms with van der Waals surface area (Å²) in [4.78, 5) is 16.8. The second kappa shape index (κ2) is 7.23. The smallest absolute Gasteiger partial charge is 0.333 e. The van der Waals surface area contributed by atoms with E-state index in [-0.39, 0.29) is 4.34 Å². The van der Waals surface area contributed by atoms with Gasteiger partial charge in [-0.2, -0.15) is 8.42 Å². The fraction of sp³-hybridized carbons (Fsp3) is 0.474. The van der Waals surface area contributed by atoms with Crippen LogP contribution in [0.2, 0.25) is 5.02 Å². The van der Waals surface area contributed by atoms with Crippen LogP contribution >= 0.6 is 22.9 Å². The van der Waals surface area contributed by atoms with E-state index in [0.29, 0.717) is 10.6 Å². The largest absolute Gasteiger partial charge is 0.385 e. The summed E-state index contributed by atoms with van der Waals surface area (Å²) in [7, 11) is -4.15. The Hall–Kier alpha value is -1.68. The summed E-state index contributed by atoms with van der Waals surface area (Å²) >= 11 is 7.41. The van der Waals surface area contributed by atoms with Gasteiger partial charge < -0.3 is 10.4 Å². The number of fused-ring (bicyclic) bond motifs is 2. The van der Waals surface area contributed by atoms with Crippen LogP contribution in [0.3, 0.4) is 0 Å². The molecule has 29 heavy (non-hydrogen) atoms. The Balaban J connectivity index is 1.59. The molecule has 0 fully saturated rings. The zero-order valence-electron chi connectivity index (χ0n) is 16.1. The van der Waals surface area contributed by atoms with Gasteiger partial charge in [0.25, 0.3) is 10.0 Å². The molecule has 4 rings (SSSR count). The Labute approximate surface area is 178 Å². The van der Waals surface area contributed by atoms with Gasteiger partial charge in [0, 0.05) is 16.9 Å². The third-order valence-corrected chi connectivity index (χ3v) is 8.84. The van der Waals surface area contributed by atoms with E-state index in [9.17, 15) is 18.3 Å². The van der Waals surface area contributed by atoms with Crippen LogP contribution in [0.4, 0.5) is 10.5 Å². The molecule has 0 radical (unpaired) electrons. The number of halogens is 1. The molecule has 0 spiro atoms. The van der Waals surface area contributed by atoms with E-state index in [1.54, 1.807) is 13.8 Å². The molecule has 1 heterocycles. The first-order valence-corrected chi connectivity index (χ1v) is 12.1. The van der Waals surface area contributed by atoms with Gasteiger partial charge in [-0.25, -0.2) is 14.5 Å². The highest BCUT2D eigenvalue weighted by atomic mass is 35.5. The van der Waals surface area contributed by atoms with Crippen LogP contribution < -0.4 is 10.0 Å². The van der Waals surface area contributed by atoms with E-state index >= 15 is 0 Å². The van der Waals surface area contributed by atoms with Crippen LogP contribution in [0.5, 0.6) is 0 Å². The molecule has 1 aromatic heterocycles. The molecule has 0 bridgehead atoms. The summed E-state index contributed by atoms with van der Waals surface area (Å²) < 4.78 is 26.9. The number of sulfonamides is 1. The van der Waals surface area contributed by atoms with Gasteiger partial charge in [-0.3, -0.25) is 0 Å². The summed E-state index contributed by atoms with van der Waals surface area (Å²) in [5.41, 5.74) is 3.67. The average Bonchev–Trinajstić information content (AvgIpc) is 3.37. The Kier molecular flexibility index (Phi) is 5.13. The lowest BCUT2D eigenvalue weighted by molar-refractivity contribution is 0.0823. The number of carbonyl (C=O) groups excluding carboxylic acids is 1. The highest BCUT2D eigenvalue weighted by Crippen LogP contribution is 2.44. The molecule has 3 N–H and O–H groups in total. The molecule has 1 aromatic carbocycles. The molecular formula is C19H22ClN3O4S2. The molecule has 0 saturated heterocycles. The lowest BCUT2D eigenvalue weighted by Crippen LogP contribution is -2.35. The molecular weight excluding hydrogens is 434 g/mol. The zero-order chi connectivity index (χ0) is 21.0. The van der Waals surface area contributed by atoms with E-state index in [1.807, 2.05) is 4.72 Å². The van der Waals surface area contributed by atoms with Crippen molar-refractivity contribution in [1.29, 1.82) is 0 Å². The minimum Gasteiger partial charge on any atom is -0.385 e. The van der Waals surface area contributed by atoms with Crippen LogP contribution in [0.25, 0.3) is 0 Å². The number of hydrogen-bond acceptors (Lipinski definition) is 6. The van der Waals surface area contributed by atoms with Crippen molar-refractivity contribution >= 4 is 44.7 Å². The predicted molar refractivity (Wildman–Crippen MR) is 112 cm³/mol. The summed E-state index contributed by atoms with van der Waals surface area (Å²) in [5, 5.41) is 13.6. The van der Waals surface area contributed by atoms with E-state index in [0.717, 1.165) is 77.1 Å². The maximum absolute atomic E-state index is 12.6. The topological polar surface area (TPSA) is 108 Å². The summed E-state index contributed by atoms with van der Waals surface area (Å²) in [5.74, 6) is 0. The van der Waals surface area contributed by atoms with Gasteiger partial charge in [0.05, 0.1) is 10.5 Å². The molecule has 10 heteroatoms. The molecule has 2 aliphatic rings. The van der Waals surface area contributed by atoms with Crippen LogP contribution in [0.15, 0.2) is 10.5 Å². The standard InChI is InChI=1S/C19H22ClN3O4S2/c1-19(2,25)14-9-21-18(28-14)29(26,27)23-17(24)22-16-12-7-3-5-10(12)15(20)11-6-4-8-13(11)16/h9,25H,3-8H2,1-2H3,(H2,22,23,24). The van der Waals surface area contributed by atoms with Crippen molar-refractivity contribution in [3.63, 3.8) is 0 Å². The molecule has 0 atom stereocenters. The SMILES string of the molecule is CC(C)(O)c1cnc(S(=O)(=O)NC(=O)Nc2c3c(c(Cl)c4c2CCC4)CCC3)s1. The van der Waals surface area contributed by atoms with E-state index in [1.165, 1.54) is 6.20 Å². The third kappa shape index (κ3) is 3.76. The quantitative estimate of drug-likeness (QED) is 0.653. The lowest BCUT2D eigenvalue weighted by Gasteiger charge is -2.18. The van der Waals surface area contributed by atoms with Crippen molar-refractivity contribution in [3.8, 4) is 0 Å². The van der Waals surface area contributed by atoms with Crippen LogP contribution in [0.1, 0.15) is 53.8 Å². The van der Waals surface area contributed by atoms with Gasteiger partial charge in [0.2, 0.25) is 4.34 Å². The van der Waals surface area contributed by atoms with Gasteiger partial charge in [-0.1, -0.05) is 11.6 Å². The number of thiazole rings is 1. The second-order valence-corrected chi connectivity index (χ2v) is 11.2. The average molecular weight is 456 g/mol. The Morgan fingerprint density at radius 3 is 2.21 bits per heavy atom. The zero-order valence-corrected chi connectivity index (χ0v) is 18.5. The number of rotatable bonds is 4. The van der Waals surface area contributed by atoms with Crippen molar-refractivity contribution in [2.45, 2.75) is 62.3 Å². The number of benzene rings is 1. The predicted octanol–water partition coefficient (Wildman–Crippen LogP) is 3.51. The first-order valence-electron chi connectivity index (χ1n) is 9.45.